The van der Waals surface area contributed by atoms with Gasteiger partial charge in [0.15, 0.2) is 0 Å². The zero-order chi connectivity index (χ0) is 23.4. The van der Waals surface area contributed by atoms with E-state index in [0.717, 1.165) is 12.8 Å². The van der Waals surface area contributed by atoms with Gasteiger partial charge in [0.2, 0.25) is 11.8 Å². The topological polar surface area (TPSA) is 125 Å². The number of alkyl halides is 3. The van der Waals surface area contributed by atoms with Crippen LogP contribution in [0.1, 0.15) is 36.0 Å². The number of primary amides is 1. The van der Waals surface area contributed by atoms with Gasteiger partial charge < -0.3 is 24.9 Å². The molecule has 2 heterocycles. The first kappa shape index (κ1) is 22.4. The van der Waals surface area contributed by atoms with Crippen molar-refractivity contribution in [3.05, 3.63) is 48.2 Å². The number of hydrogen-bond donors (Lipinski definition) is 2. The number of halogens is 3. The number of rotatable bonds is 7. The fraction of sp³-hybridized carbons (Fsp3) is 0.333. The average Bonchev–Trinajstić information content (AvgIpc) is 3.23. The van der Waals surface area contributed by atoms with Gasteiger partial charge in [-0.2, -0.15) is 0 Å². The first-order valence-corrected chi connectivity index (χ1v) is 10.1. The molecule has 0 atom stereocenters. The maximum atomic E-state index is 12.3. The van der Waals surface area contributed by atoms with Crippen LogP contribution in [-0.2, 0) is 0 Å². The van der Waals surface area contributed by atoms with Crippen LogP contribution >= 0.6 is 0 Å². The molecular weight excluding hydrogens is 443 g/mol. The number of ether oxygens (including phenoxy) is 2. The molecule has 1 aliphatic rings. The number of carbonyl (C=O) groups is 1. The van der Waals surface area contributed by atoms with Crippen molar-refractivity contribution >= 4 is 11.9 Å². The van der Waals surface area contributed by atoms with Crippen LogP contribution in [0.25, 0.3) is 11.5 Å². The molecule has 1 saturated carbocycles. The highest BCUT2D eigenvalue weighted by Crippen LogP contribution is 2.29. The molecule has 4 rings (SSSR count). The van der Waals surface area contributed by atoms with Gasteiger partial charge in [0.25, 0.3) is 5.91 Å². The molecule has 1 aromatic carbocycles. The Kier molecular flexibility index (Phi) is 6.33. The van der Waals surface area contributed by atoms with E-state index in [-0.39, 0.29) is 41.2 Å². The van der Waals surface area contributed by atoms with Crippen LogP contribution in [0.4, 0.5) is 19.2 Å². The van der Waals surface area contributed by atoms with Crippen molar-refractivity contribution in [2.24, 2.45) is 5.73 Å². The summed E-state index contributed by atoms with van der Waals surface area (Å²) >= 11 is 0. The van der Waals surface area contributed by atoms with Crippen molar-refractivity contribution in [1.29, 1.82) is 0 Å². The minimum absolute atomic E-state index is 0.0695. The van der Waals surface area contributed by atoms with Gasteiger partial charge in [-0.25, -0.2) is 4.98 Å². The Morgan fingerprint density at radius 1 is 1.09 bits per heavy atom. The summed E-state index contributed by atoms with van der Waals surface area (Å²) in [5.41, 5.74) is 6.07. The molecule has 1 aliphatic carbocycles. The minimum Gasteiger partial charge on any atom is -0.474 e. The zero-order valence-corrected chi connectivity index (χ0v) is 17.2. The fourth-order valence-electron chi connectivity index (χ4n) is 3.53. The molecule has 0 unspecified atom stereocenters. The Labute approximate surface area is 186 Å². The molecule has 174 valence electrons. The highest BCUT2D eigenvalue weighted by Gasteiger charge is 2.31. The summed E-state index contributed by atoms with van der Waals surface area (Å²) in [6, 6.07) is 8.63. The molecule has 9 nitrogen and oxygen atoms in total. The van der Waals surface area contributed by atoms with Gasteiger partial charge in [0.1, 0.15) is 17.4 Å². The molecule has 0 spiro atoms. The lowest BCUT2D eigenvalue weighted by Gasteiger charge is -2.28. The Morgan fingerprint density at radius 2 is 1.82 bits per heavy atom. The third-order valence-electron chi connectivity index (χ3n) is 5.08. The molecule has 3 N–H and O–H groups in total. The van der Waals surface area contributed by atoms with Crippen LogP contribution in [-0.4, -0.2) is 39.6 Å². The van der Waals surface area contributed by atoms with Crippen LogP contribution in [0.3, 0.4) is 0 Å². The first-order chi connectivity index (χ1) is 15.8. The van der Waals surface area contributed by atoms with E-state index >= 15 is 0 Å². The lowest BCUT2D eigenvalue weighted by molar-refractivity contribution is -0.274. The second kappa shape index (κ2) is 9.35. The normalized spacial score (nSPS) is 18.5. The second-order valence-electron chi connectivity index (χ2n) is 7.44. The smallest absolute Gasteiger partial charge is 0.474 e. The van der Waals surface area contributed by atoms with Crippen LogP contribution in [0.2, 0.25) is 0 Å². The molecule has 2 aromatic heterocycles. The Balaban J connectivity index is 1.30. The van der Waals surface area contributed by atoms with E-state index in [0.29, 0.717) is 18.4 Å². The summed E-state index contributed by atoms with van der Waals surface area (Å²) in [6.45, 7) is 0. The van der Waals surface area contributed by atoms with E-state index in [1.807, 2.05) is 0 Å². The number of hydrogen-bond acceptors (Lipinski definition) is 8. The number of anilines is 1. The summed E-state index contributed by atoms with van der Waals surface area (Å²) in [5.74, 6) is -0.531. The second-order valence-corrected chi connectivity index (χ2v) is 7.44. The summed E-state index contributed by atoms with van der Waals surface area (Å²) in [7, 11) is 0. The number of nitrogens with zero attached hydrogens (tertiary/aromatic N) is 3. The minimum atomic E-state index is -4.76. The van der Waals surface area contributed by atoms with E-state index in [1.165, 1.54) is 24.3 Å². The largest absolute Gasteiger partial charge is 0.573 e. The molecule has 33 heavy (non-hydrogen) atoms. The summed E-state index contributed by atoms with van der Waals surface area (Å²) < 4.78 is 52.1. The highest BCUT2D eigenvalue weighted by molar-refractivity contribution is 5.94. The monoisotopic (exact) mass is 463 g/mol. The van der Waals surface area contributed by atoms with Crippen molar-refractivity contribution < 1.29 is 31.9 Å². The molecule has 1 fully saturated rings. The number of nitrogens with two attached hydrogens (primary N) is 1. The van der Waals surface area contributed by atoms with E-state index < -0.39 is 12.3 Å². The summed E-state index contributed by atoms with van der Waals surface area (Å²) in [5, 5.41) is 11.1. The number of nitrogens with one attached hydrogen (secondary N) is 1. The van der Waals surface area contributed by atoms with Crippen molar-refractivity contribution in [3.63, 3.8) is 0 Å². The molecule has 12 heteroatoms. The highest BCUT2D eigenvalue weighted by atomic mass is 19.4. The maximum Gasteiger partial charge on any atom is 0.573 e. The summed E-state index contributed by atoms with van der Waals surface area (Å²) in [6.07, 6.45) is -0.377. The standard InChI is InChI=1S/C21H20F3N5O4/c22-21(23,24)33-15-7-3-12(4-8-15)18-28-29-20(32-18)27-13-5-9-14(10-6-13)31-19-16(17(25)30)2-1-11-26-19/h1-4,7-8,11,13-14H,5-6,9-10H2,(H2,25,30)(H,27,29)/t13-,14-. The van der Waals surface area contributed by atoms with Crippen LogP contribution in [0.5, 0.6) is 11.6 Å². The third kappa shape index (κ3) is 5.90. The van der Waals surface area contributed by atoms with Gasteiger partial charge in [0, 0.05) is 17.8 Å². The fourth-order valence-corrected chi connectivity index (χ4v) is 3.53. The van der Waals surface area contributed by atoms with E-state index in [1.54, 1.807) is 18.3 Å². The number of aromatic nitrogens is 3. The molecule has 3 aromatic rings. The number of carbonyl (C=O) groups excluding carboxylic acids is 1. The third-order valence-corrected chi connectivity index (χ3v) is 5.08. The predicted molar refractivity (Wildman–Crippen MR) is 109 cm³/mol. The van der Waals surface area contributed by atoms with Gasteiger partial charge in [-0.05, 0) is 62.1 Å². The van der Waals surface area contributed by atoms with Gasteiger partial charge >= 0.3 is 12.4 Å². The number of benzene rings is 1. The molecule has 0 aliphatic heterocycles. The van der Waals surface area contributed by atoms with Gasteiger partial charge in [0.05, 0.1) is 0 Å². The van der Waals surface area contributed by atoms with Crippen LogP contribution in [0.15, 0.2) is 47.0 Å². The van der Waals surface area contributed by atoms with Gasteiger partial charge in [-0.15, -0.1) is 18.3 Å². The van der Waals surface area contributed by atoms with Crippen molar-refractivity contribution in [3.8, 4) is 23.1 Å². The Morgan fingerprint density at radius 3 is 2.48 bits per heavy atom. The molecule has 0 radical (unpaired) electrons. The first-order valence-electron chi connectivity index (χ1n) is 10.1. The Hall–Kier alpha value is -3.83. The number of pyridine rings is 1. The van der Waals surface area contributed by atoms with Gasteiger partial charge in [-0.3, -0.25) is 4.79 Å². The maximum absolute atomic E-state index is 12.3. The Bertz CT molecular complexity index is 1100. The van der Waals surface area contributed by atoms with Crippen LogP contribution < -0.4 is 20.5 Å². The van der Waals surface area contributed by atoms with E-state index in [2.05, 4.69) is 25.2 Å². The van der Waals surface area contributed by atoms with Gasteiger partial charge in [-0.1, -0.05) is 5.10 Å². The van der Waals surface area contributed by atoms with E-state index in [4.69, 9.17) is 14.9 Å². The average molecular weight is 463 g/mol. The summed E-state index contributed by atoms with van der Waals surface area (Å²) in [4.78, 5) is 15.6. The van der Waals surface area contributed by atoms with Crippen molar-refractivity contribution in [1.82, 2.24) is 15.2 Å². The lowest BCUT2D eigenvalue weighted by Crippen LogP contribution is -2.32. The van der Waals surface area contributed by atoms with E-state index in [9.17, 15) is 18.0 Å². The zero-order valence-electron chi connectivity index (χ0n) is 17.2. The van der Waals surface area contributed by atoms with Crippen LogP contribution in [0, 0.1) is 0 Å². The van der Waals surface area contributed by atoms with Crippen molar-refractivity contribution in [2.75, 3.05) is 5.32 Å². The SMILES string of the molecule is NC(=O)c1cccnc1O[C@H]1CC[C@H](Nc2nnc(-c3ccc(OC(F)(F)F)cc3)o2)CC1. The number of amides is 1. The molecule has 1 amide bonds. The molecule has 0 saturated heterocycles. The quantitative estimate of drug-likeness (QED) is 0.540. The molecule has 0 bridgehead atoms. The van der Waals surface area contributed by atoms with Crippen molar-refractivity contribution in [2.45, 2.75) is 44.2 Å². The lowest BCUT2D eigenvalue weighted by atomic mass is 9.93. The molecular formula is C21H20F3N5O4. The predicted octanol–water partition coefficient (Wildman–Crippen LogP) is 3.93.